The molecule has 0 aliphatic heterocycles. The molecule has 8 nitrogen and oxygen atoms in total. The van der Waals surface area contributed by atoms with Crippen LogP contribution in [0.1, 0.15) is 58.3 Å². The van der Waals surface area contributed by atoms with Crippen molar-refractivity contribution < 1.29 is 38.0 Å². The lowest BCUT2D eigenvalue weighted by atomic mass is 10.1. The molecule has 0 heterocycles. The van der Waals surface area contributed by atoms with Crippen molar-refractivity contribution in [2.75, 3.05) is 40.9 Å². The number of aliphatic hydroxyl groups excluding tert-OH is 2. The molecule has 0 aromatic rings. The molecule has 3 N–H and O–H groups in total. The fourth-order valence-corrected chi connectivity index (χ4v) is 4.18. The fraction of sp³-hybridized carbons (Fsp3) is 0.567. The average Bonchev–Trinajstić information content (AvgIpc) is 2.87. The molecule has 3 atom stereocenters. The molecule has 9 heteroatoms. The van der Waals surface area contributed by atoms with Crippen LogP contribution in [0.5, 0.6) is 0 Å². The highest BCUT2D eigenvalue weighted by Gasteiger charge is 2.34. The zero-order valence-corrected chi connectivity index (χ0v) is 25.1. The number of hydrogen-bond acceptors (Lipinski definition) is 6. The van der Waals surface area contributed by atoms with E-state index in [0.717, 1.165) is 6.42 Å². The number of nitrogens with zero attached hydrogens (tertiary/aromatic N) is 1. The third kappa shape index (κ3) is 24.9. The van der Waals surface area contributed by atoms with Gasteiger partial charge in [0.25, 0.3) is 0 Å². The van der Waals surface area contributed by atoms with Crippen molar-refractivity contribution in [2.24, 2.45) is 0 Å². The van der Waals surface area contributed by atoms with Gasteiger partial charge in [-0.25, -0.2) is 4.57 Å². The van der Waals surface area contributed by atoms with Crippen LogP contribution in [0.15, 0.2) is 72.9 Å². The number of carbonyl (C=O) groups excluding carboxylic acids is 1. The van der Waals surface area contributed by atoms with E-state index in [-0.39, 0.29) is 6.54 Å². The maximum absolute atomic E-state index is 12.6. The first-order valence-electron chi connectivity index (χ1n) is 13.8. The summed E-state index contributed by atoms with van der Waals surface area (Å²) < 4.78 is 22.2. The molecule has 39 heavy (non-hydrogen) atoms. The lowest BCUT2D eigenvalue weighted by Crippen LogP contribution is -2.45. The summed E-state index contributed by atoms with van der Waals surface area (Å²) in [6, 6.07) is 0. The Balaban J connectivity index is 4.50. The van der Waals surface area contributed by atoms with Gasteiger partial charge >= 0.3 is 7.82 Å². The Morgan fingerprint density at radius 1 is 0.846 bits per heavy atom. The largest absolute Gasteiger partial charge is 0.473 e. The van der Waals surface area contributed by atoms with Crippen molar-refractivity contribution in [2.45, 2.75) is 70.5 Å². The minimum Gasteiger partial charge on any atom is -0.394 e. The number of aliphatic hydroxyl groups is 2. The van der Waals surface area contributed by atoms with Gasteiger partial charge in [0.2, 0.25) is 0 Å². The first kappa shape index (κ1) is 37.1. The minimum atomic E-state index is -4.62. The van der Waals surface area contributed by atoms with E-state index in [0.29, 0.717) is 4.48 Å². The predicted molar refractivity (Wildman–Crippen MR) is 159 cm³/mol. The lowest BCUT2D eigenvalue weighted by molar-refractivity contribution is -0.872. The number of phosphoric acid groups is 1. The Labute approximate surface area is 235 Å². The topological polar surface area (TPSA) is 113 Å². The molecular formula is C30H51NO7P+. The summed E-state index contributed by atoms with van der Waals surface area (Å²) >= 11 is 0. The van der Waals surface area contributed by atoms with E-state index in [2.05, 4.69) is 23.6 Å². The van der Waals surface area contributed by atoms with Crippen molar-refractivity contribution in [3.63, 3.8) is 0 Å². The van der Waals surface area contributed by atoms with E-state index in [1.165, 1.54) is 57.1 Å². The van der Waals surface area contributed by atoms with E-state index in [1.807, 2.05) is 57.6 Å². The standard InChI is InChI=1S/C30H50NO7P/c1-5-6-7-8-9-10-11-12-13-14-15-16-17-18-19-20-21-22-23-24-29(34)30(25-31(2,3)4)38-39(35,36)37-27-28(33)26-32/h13-24,28,30,32-33H,5-12,25-27H2,1-4H3/p+1/t28-,30?/m1/s1. The number of rotatable bonds is 23. The van der Waals surface area contributed by atoms with Crippen LogP contribution in [0.4, 0.5) is 0 Å². The second-order valence-electron chi connectivity index (χ2n) is 10.3. The van der Waals surface area contributed by atoms with Gasteiger partial charge in [-0.05, 0) is 18.9 Å². The van der Waals surface area contributed by atoms with E-state index < -0.39 is 39.0 Å². The quantitative estimate of drug-likeness (QED) is 0.0484. The number of phosphoric ester groups is 1. The predicted octanol–water partition coefficient (Wildman–Crippen LogP) is 5.60. The van der Waals surface area contributed by atoms with Crippen LogP contribution < -0.4 is 0 Å². The van der Waals surface area contributed by atoms with Gasteiger partial charge in [-0.15, -0.1) is 0 Å². The molecular weight excluding hydrogens is 517 g/mol. The molecule has 0 fully saturated rings. The first-order valence-corrected chi connectivity index (χ1v) is 15.3. The number of carbonyl (C=O) groups is 1. The van der Waals surface area contributed by atoms with E-state index >= 15 is 0 Å². The van der Waals surface area contributed by atoms with Crippen LogP contribution in [-0.4, -0.2) is 78.5 Å². The fourth-order valence-electron chi connectivity index (χ4n) is 3.26. The Hall–Kier alpha value is -1.90. The monoisotopic (exact) mass is 568 g/mol. The molecule has 0 saturated heterocycles. The Kier molecular flexibility index (Phi) is 21.8. The molecule has 0 aromatic carbocycles. The van der Waals surface area contributed by atoms with Crippen LogP contribution in [0.25, 0.3) is 0 Å². The summed E-state index contributed by atoms with van der Waals surface area (Å²) in [4.78, 5) is 22.5. The van der Waals surface area contributed by atoms with Crippen LogP contribution in [0.3, 0.4) is 0 Å². The molecule has 0 saturated carbocycles. The third-order valence-electron chi connectivity index (χ3n) is 5.30. The summed E-state index contributed by atoms with van der Waals surface area (Å²) in [6.07, 6.45) is 29.8. The molecule has 0 rings (SSSR count). The highest BCUT2D eigenvalue weighted by atomic mass is 31.2. The van der Waals surface area contributed by atoms with Gasteiger partial charge in [-0.3, -0.25) is 13.8 Å². The second-order valence-corrected chi connectivity index (χ2v) is 11.7. The summed E-state index contributed by atoms with van der Waals surface area (Å²) in [5.74, 6) is -0.498. The Bertz CT molecular complexity index is 869. The molecule has 0 spiro atoms. The SMILES string of the molecule is CCCCCCCCCC=CC=CC=CC=CC=CC=CC(=O)C(C[N+](C)(C)C)OP(=O)(O)OC[C@H](O)CO. The van der Waals surface area contributed by atoms with E-state index in [9.17, 15) is 19.4 Å². The average molecular weight is 569 g/mol. The lowest BCUT2D eigenvalue weighted by Gasteiger charge is -2.28. The van der Waals surface area contributed by atoms with E-state index in [4.69, 9.17) is 9.63 Å². The number of allylic oxidation sites excluding steroid dienone is 11. The van der Waals surface area contributed by atoms with Crippen LogP contribution >= 0.6 is 7.82 Å². The highest BCUT2D eigenvalue weighted by molar-refractivity contribution is 7.47. The summed E-state index contributed by atoms with van der Waals surface area (Å²) in [7, 11) is 0.820. The minimum absolute atomic E-state index is 0.121. The Morgan fingerprint density at radius 3 is 1.90 bits per heavy atom. The molecule has 2 unspecified atom stereocenters. The summed E-state index contributed by atoms with van der Waals surface area (Å²) in [6.45, 7) is 1.13. The number of hydrogen-bond donors (Lipinski definition) is 3. The van der Waals surface area contributed by atoms with Crippen molar-refractivity contribution >= 4 is 13.6 Å². The van der Waals surface area contributed by atoms with Crippen molar-refractivity contribution in [3.8, 4) is 0 Å². The van der Waals surface area contributed by atoms with Crippen molar-refractivity contribution in [1.82, 2.24) is 0 Å². The van der Waals surface area contributed by atoms with Gasteiger partial charge in [-0.2, -0.15) is 0 Å². The summed E-state index contributed by atoms with van der Waals surface area (Å²) in [5.41, 5.74) is 0. The molecule has 0 radical (unpaired) electrons. The van der Waals surface area contributed by atoms with Gasteiger partial charge in [0.1, 0.15) is 12.6 Å². The Morgan fingerprint density at radius 2 is 1.36 bits per heavy atom. The zero-order chi connectivity index (χ0) is 29.4. The second kappa shape index (κ2) is 22.9. The molecule has 0 bridgehead atoms. The smallest absolute Gasteiger partial charge is 0.394 e. The van der Waals surface area contributed by atoms with E-state index in [1.54, 1.807) is 12.2 Å². The van der Waals surface area contributed by atoms with Gasteiger partial charge in [0.05, 0.1) is 34.4 Å². The number of likely N-dealkylation sites (N-methyl/N-ethyl adjacent to an activating group) is 1. The first-order chi connectivity index (χ1) is 18.5. The highest BCUT2D eigenvalue weighted by Crippen LogP contribution is 2.45. The number of unbranched alkanes of at least 4 members (excludes halogenated alkanes) is 7. The molecule has 0 amide bonds. The number of quaternary nitrogens is 1. The molecule has 0 aromatic heterocycles. The maximum atomic E-state index is 12.6. The third-order valence-corrected chi connectivity index (χ3v) is 6.30. The van der Waals surface area contributed by atoms with Gasteiger partial charge in [-0.1, -0.05) is 112 Å². The van der Waals surface area contributed by atoms with Gasteiger partial charge < -0.3 is 19.6 Å². The maximum Gasteiger partial charge on any atom is 0.473 e. The van der Waals surface area contributed by atoms with Crippen LogP contribution in [0, 0.1) is 0 Å². The van der Waals surface area contributed by atoms with Crippen molar-refractivity contribution in [3.05, 3.63) is 72.9 Å². The molecule has 0 aliphatic rings. The normalized spacial score (nSPS) is 16.5. The zero-order valence-electron chi connectivity index (χ0n) is 24.2. The molecule has 0 aliphatic carbocycles. The van der Waals surface area contributed by atoms with Gasteiger partial charge in [0, 0.05) is 0 Å². The van der Waals surface area contributed by atoms with Crippen molar-refractivity contribution in [1.29, 1.82) is 0 Å². The van der Waals surface area contributed by atoms with Gasteiger partial charge in [0.15, 0.2) is 11.9 Å². The number of ketones is 1. The van der Waals surface area contributed by atoms with Crippen LogP contribution in [-0.2, 0) is 18.4 Å². The summed E-state index contributed by atoms with van der Waals surface area (Å²) in [5, 5.41) is 18.1. The molecule has 222 valence electrons. The van der Waals surface area contributed by atoms with Crippen LogP contribution in [0.2, 0.25) is 0 Å².